The SMILES string of the molecule is Cc1ccc(NCCCNC(=O)c2onc3c2CCCC3)nc1. The normalized spacial score (nSPS) is 13.4. The highest BCUT2D eigenvalue weighted by Crippen LogP contribution is 2.23. The number of nitrogens with one attached hydrogen (secondary N) is 2. The molecule has 0 radical (unpaired) electrons. The van der Waals surface area contributed by atoms with E-state index in [4.69, 9.17) is 4.52 Å². The van der Waals surface area contributed by atoms with Gasteiger partial charge in [-0.2, -0.15) is 0 Å². The molecular weight excluding hydrogens is 292 g/mol. The van der Waals surface area contributed by atoms with Crippen LogP contribution in [0.25, 0.3) is 0 Å². The summed E-state index contributed by atoms with van der Waals surface area (Å²) in [6.07, 6.45) is 6.68. The second-order valence-electron chi connectivity index (χ2n) is 5.90. The molecule has 6 nitrogen and oxygen atoms in total. The molecular formula is C17H22N4O2. The number of nitrogens with zero attached hydrogens (tertiary/aromatic N) is 2. The molecule has 0 saturated heterocycles. The Bertz CT molecular complexity index is 664. The van der Waals surface area contributed by atoms with Crippen LogP contribution in [0.15, 0.2) is 22.9 Å². The lowest BCUT2D eigenvalue weighted by Gasteiger charge is -2.09. The van der Waals surface area contributed by atoms with E-state index >= 15 is 0 Å². The summed E-state index contributed by atoms with van der Waals surface area (Å²) in [4.78, 5) is 16.4. The van der Waals surface area contributed by atoms with Gasteiger partial charge in [-0.05, 0) is 50.7 Å². The monoisotopic (exact) mass is 314 g/mol. The summed E-state index contributed by atoms with van der Waals surface area (Å²) in [5, 5.41) is 10.1. The zero-order chi connectivity index (χ0) is 16.1. The van der Waals surface area contributed by atoms with Crippen LogP contribution < -0.4 is 10.6 Å². The minimum atomic E-state index is -0.158. The quantitative estimate of drug-likeness (QED) is 0.801. The highest BCUT2D eigenvalue weighted by atomic mass is 16.5. The van der Waals surface area contributed by atoms with Crippen molar-refractivity contribution in [2.75, 3.05) is 18.4 Å². The van der Waals surface area contributed by atoms with Crippen LogP contribution in [0.2, 0.25) is 0 Å². The highest BCUT2D eigenvalue weighted by molar-refractivity contribution is 5.93. The van der Waals surface area contributed by atoms with Crippen LogP contribution in [0, 0.1) is 6.92 Å². The van der Waals surface area contributed by atoms with Crippen molar-refractivity contribution in [2.24, 2.45) is 0 Å². The van der Waals surface area contributed by atoms with Crippen molar-refractivity contribution in [1.82, 2.24) is 15.5 Å². The first-order valence-electron chi connectivity index (χ1n) is 8.16. The summed E-state index contributed by atoms with van der Waals surface area (Å²) in [7, 11) is 0. The lowest BCUT2D eigenvalue weighted by atomic mass is 9.96. The van der Waals surface area contributed by atoms with E-state index in [1.807, 2.05) is 25.3 Å². The molecule has 2 heterocycles. The molecule has 0 fully saturated rings. The van der Waals surface area contributed by atoms with E-state index in [0.29, 0.717) is 12.3 Å². The van der Waals surface area contributed by atoms with Gasteiger partial charge in [0.1, 0.15) is 5.82 Å². The predicted octanol–water partition coefficient (Wildman–Crippen LogP) is 2.49. The molecule has 0 saturated carbocycles. The van der Waals surface area contributed by atoms with Crippen LogP contribution >= 0.6 is 0 Å². The number of rotatable bonds is 6. The third kappa shape index (κ3) is 3.88. The van der Waals surface area contributed by atoms with Crippen LogP contribution in [0.4, 0.5) is 5.82 Å². The van der Waals surface area contributed by atoms with Crippen LogP contribution in [0.3, 0.4) is 0 Å². The summed E-state index contributed by atoms with van der Waals surface area (Å²) in [5.41, 5.74) is 3.09. The van der Waals surface area contributed by atoms with Gasteiger partial charge in [0.25, 0.3) is 5.91 Å². The van der Waals surface area contributed by atoms with E-state index in [0.717, 1.165) is 61.3 Å². The van der Waals surface area contributed by atoms with Gasteiger partial charge in [0.2, 0.25) is 5.76 Å². The Morgan fingerprint density at radius 1 is 1.26 bits per heavy atom. The maximum absolute atomic E-state index is 12.2. The molecule has 122 valence electrons. The Balaban J connectivity index is 1.41. The number of carbonyl (C=O) groups excluding carboxylic acids is 1. The van der Waals surface area contributed by atoms with Gasteiger partial charge < -0.3 is 15.2 Å². The molecule has 0 atom stereocenters. The van der Waals surface area contributed by atoms with Crippen LogP contribution in [0.1, 0.15) is 46.6 Å². The molecule has 0 aliphatic heterocycles. The molecule has 1 aliphatic rings. The number of aryl methyl sites for hydroxylation is 2. The Morgan fingerprint density at radius 3 is 2.96 bits per heavy atom. The smallest absolute Gasteiger partial charge is 0.290 e. The second kappa shape index (κ2) is 7.26. The fourth-order valence-corrected chi connectivity index (χ4v) is 2.73. The van der Waals surface area contributed by atoms with Crippen LogP contribution in [-0.2, 0) is 12.8 Å². The van der Waals surface area contributed by atoms with Crippen molar-refractivity contribution in [2.45, 2.75) is 39.0 Å². The summed E-state index contributed by atoms with van der Waals surface area (Å²) >= 11 is 0. The number of hydrogen-bond acceptors (Lipinski definition) is 5. The summed E-state index contributed by atoms with van der Waals surface area (Å²) in [5.74, 6) is 1.09. The summed E-state index contributed by atoms with van der Waals surface area (Å²) in [6.45, 7) is 3.35. The maximum atomic E-state index is 12.2. The van der Waals surface area contributed by atoms with Crippen molar-refractivity contribution in [3.05, 3.63) is 40.9 Å². The van der Waals surface area contributed by atoms with Crippen molar-refractivity contribution < 1.29 is 9.32 Å². The number of aromatic nitrogens is 2. The van der Waals surface area contributed by atoms with Crippen molar-refractivity contribution in [1.29, 1.82) is 0 Å². The van der Waals surface area contributed by atoms with E-state index in [9.17, 15) is 4.79 Å². The van der Waals surface area contributed by atoms with E-state index < -0.39 is 0 Å². The molecule has 2 aromatic heterocycles. The number of carbonyl (C=O) groups is 1. The Morgan fingerprint density at radius 2 is 2.13 bits per heavy atom. The standard InChI is InChI=1S/C17H22N4O2/c1-12-7-8-15(20-11-12)18-9-4-10-19-17(22)16-13-5-2-3-6-14(13)21-23-16/h7-8,11H,2-6,9-10H2,1H3,(H,18,20)(H,19,22). The van der Waals surface area contributed by atoms with Gasteiger partial charge in [-0.25, -0.2) is 4.98 Å². The largest absolute Gasteiger partial charge is 0.370 e. The molecule has 3 rings (SSSR count). The zero-order valence-corrected chi connectivity index (χ0v) is 13.4. The van der Waals surface area contributed by atoms with Crippen LogP contribution in [-0.4, -0.2) is 29.1 Å². The van der Waals surface area contributed by atoms with Gasteiger partial charge in [0.05, 0.1) is 5.69 Å². The van der Waals surface area contributed by atoms with Gasteiger partial charge in [0, 0.05) is 24.8 Å². The Labute approximate surface area is 135 Å². The minimum Gasteiger partial charge on any atom is -0.370 e. The van der Waals surface area contributed by atoms with Gasteiger partial charge in [-0.1, -0.05) is 11.2 Å². The zero-order valence-electron chi connectivity index (χ0n) is 13.4. The molecule has 23 heavy (non-hydrogen) atoms. The summed E-state index contributed by atoms with van der Waals surface area (Å²) < 4.78 is 5.23. The molecule has 0 unspecified atom stereocenters. The molecule has 2 aromatic rings. The van der Waals surface area contributed by atoms with E-state index in [2.05, 4.69) is 20.8 Å². The first-order chi connectivity index (χ1) is 11.2. The fraction of sp³-hybridized carbons (Fsp3) is 0.471. The van der Waals surface area contributed by atoms with Crippen molar-refractivity contribution in [3.63, 3.8) is 0 Å². The first kappa shape index (κ1) is 15.5. The average molecular weight is 314 g/mol. The van der Waals surface area contributed by atoms with Gasteiger partial charge in [-0.3, -0.25) is 4.79 Å². The topological polar surface area (TPSA) is 80.0 Å². The van der Waals surface area contributed by atoms with Gasteiger partial charge >= 0.3 is 0 Å². The molecule has 6 heteroatoms. The number of amides is 1. The van der Waals surface area contributed by atoms with Crippen LogP contribution in [0.5, 0.6) is 0 Å². The molecule has 0 bridgehead atoms. The van der Waals surface area contributed by atoms with E-state index in [1.54, 1.807) is 0 Å². The number of pyridine rings is 1. The Kier molecular flexibility index (Phi) is 4.90. The van der Waals surface area contributed by atoms with Crippen molar-refractivity contribution >= 4 is 11.7 Å². The third-order valence-electron chi connectivity index (χ3n) is 4.02. The average Bonchev–Trinajstić information content (AvgIpc) is 3.00. The lowest BCUT2D eigenvalue weighted by Crippen LogP contribution is -2.26. The molecule has 0 aromatic carbocycles. The second-order valence-corrected chi connectivity index (χ2v) is 5.90. The minimum absolute atomic E-state index is 0.158. The van der Waals surface area contributed by atoms with Crippen molar-refractivity contribution in [3.8, 4) is 0 Å². The van der Waals surface area contributed by atoms with Gasteiger partial charge in [-0.15, -0.1) is 0 Å². The first-order valence-corrected chi connectivity index (χ1v) is 8.16. The molecule has 2 N–H and O–H groups in total. The molecule has 1 amide bonds. The Hall–Kier alpha value is -2.37. The highest BCUT2D eigenvalue weighted by Gasteiger charge is 2.23. The predicted molar refractivity (Wildman–Crippen MR) is 87.6 cm³/mol. The van der Waals surface area contributed by atoms with E-state index in [1.165, 1.54) is 0 Å². The number of fused-ring (bicyclic) bond motifs is 1. The maximum Gasteiger partial charge on any atom is 0.290 e. The van der Waals surface area contributed by atoms with Gasteiger partial charge in [0.15, 0.2) is 0 Å². The summed E-state index contributed by atoms with van der Waals surface area (Å²) in [6, 6.07) is 3.97. The third-order valence-corrected chi connectivity index (χ3v) is 4.02. The number of anilines is 1. The van der Waals surface area contributed by atoms with E-state index in [-0.39, 0.29) is 5.91 Å². The fourth-order valence-electron chi connectivity index (χ4n) is 2.73. The lowest BCUT2D eigenvalue weighted by molar-refractivity contribution is 0.0915. The molecule has 1 aliphatic carbocycles. The number of hydrogen-bond donors (Lipinski definition) is 2. The molecule has 0 spiro atoms.